The molecule has 0 heterocycles. The summed E-state index contributed by atoms with van der Waals surface area (Å²) >= 11 is 0. The molecule has 0 aromatic heterocycles. The number of ether oxygens (including phenoxy) is 3. The summed E-state index contributed by atoms with van der Waals surface area (Å²) in [7, 11) is 5.38. The Kier molecular flexibility index (Phi) is 35.2. The van der Waals surface area contributed by atoms with E-state index in [1.165, 1.54) is 122 Å². The Morgan fingerprint density at radius 2 is 0.981 bits per heavy atom. The molecule has 0 aromatic carbocycles. The minimum atomic E-state index is -1.13. The van der Waals surface area contributed by atoms with Crippen LogP contribution in [0.2, 0.25) is 0 Å². The lowest BCUT2D eigenvalue weighted by Gasteiger charge is -2.34. The highest BCUT2D eigenvalue weighted by molar-refractivity contribution is 5.70. The molecule has 0 rings (SSSR count). The van der Waals surface area contributed by atoms with Crippen LogP contribution in [-0.2, 0) is 28.6 Å². The molecule has 0 fully saturated rings. The van der Waals surface area contributed by atoms with Crippen molar-refractivity contribution in [3.8, 4) is 0 Å². The van der Waals surface area contributed by atoms with Crippen molar-refractivity contribution in [2.75, 3.05) is 41.0 Å². The number of unbranched alkanes of at least 4 members (excludes halogenated alkanes) is 21. The second-order valence-electron chi connectivity index (χ2n) is 15.9. The summed E-state index contributed by atoms with van der Waals surface area (Å²) in [5.74, 6) is -1.81. The topological polar surface area (TPSA) is 102 Å². The van der Waals surface area contributed by atoms with Crippen LogP contribution in [0.15, 0.2) is 24.3 Å². The number of carboxylic acid groups (broad SMARTS) is 1. The summed E-state index contributed by atoms with van der Waals surface area (Å²) in [5.41, 5.74) is 0. The molecule has 0 aliphatic rings. The average molecular weight is 750 g/mol. The summed E-state index contributed by atoms with van der Waals surface area (Å²) in [6, 6.07) is -0.728. The molecule has 0 aromatic rings. The molecule has 0 bridgehead atoms. The fraction of sp³-hybridized carbons (Fsp3) is 0.844. The Bertz CT molecular complexity index is 926. The molecule has 0 aliphatic heterocycles. The number of esters is 2. The molecule has 0 saturated carbocycles. The third-order valence-corrected chi connectivity index (χ3v) is 9.82. The van der Waals surface area contributed by atoms with E-state index < -0.39 is 18.1 Å². The number of nitrogens with zero attached hydrogens (tertiary/aromatic N) is 1. The van der Waals surface area contributed by atoms with E-state index in [0.717, 1.165) is 32.1 Å². The normalized spacial score (nSPS) is 13.2. The number of hydrogen-bond acceptors (Lipinski definition) is 7. The van der Waals surface area contributed by atoms with Gasteiger partial charge in [-0.1, -0.05) is 147 Å². The highest BCUT2D eigenvalue weighted by atomic mass is 16.6. The maximum Gasteiger partial charge on any atom is 0.306 e. The zero-order valence-corrected chi connectivity index (χ0v) is 35.2. The van der Waals surface area contributed by atoms with Crippen molar-refractivity contribution in [2.24, 2.45) is 0 Å². The smallest absolute Gasteiger partial charge is 0.306 e. The molecule has 0 N–H and O–H groups in total. The fourth-order valence-electron chi connectivity index (χ4n) is 6.38. The Hall–Kier alpha value is -2.19. The lowest BCUT2D eigenvalue weighted by molar-refractivity contribution is -0.889. The predicted molar refractivity (Wildman–Crippen MR) is 217 cm³/mol. The number of carboxylic acids is 1. The van der Waals surface area contributed by atoms with Crippen molar-refractivity contribution in [1.82, 2.24) is 0 Å². The van der Waals surface area contributed by atoms with E-state index in [0.29, 0.717) is 12.8 Å². The van der Waals surface area contributed by atoms with E-state index in [4.69, 9.17) is 14.2 Å². The molecule has 2 atom stereocenters. The van der Waals surface area contributed by atoms with Crippen molar-refractivity contribution < 1.29 is 38.2 Å². The zero-order valence-electron chi connectivity index (χ0n) is 35.2. The Morgan fingerprint density at radius 3 is 1.47 bits per heavy atom. The standard InChI is InChI=1S/C45H83NO7/c1-6-8-10-12-14-15-16-17-18-19-20-21-22-23-24-25-26-27-28-30-31-33-35-43(47)52-40-41(39-51-38-37-42(45(49)50)46(3,4)5)53-44(48)36-34-32-29-13-11-9-7-2/h22-23,29,32,41-42H,6-21,24-28,30-31,33-40H2,1-5H3/b23-22+,32-29+. The largest absolute Gasteiger partial charge is 0.544 e. The predicted octanol–water partition coefficient (Wildman–Crippen LogP) is 10.4. The molecule has 2 unspecified atom stereocenters. The molecular weight excluding hydrogens is 666 g/mol. The van der Waals surface area contributed by atoms with Gasteiger partial charge in [0.2, 0.25) is 0 Å². The van der Waals surface area contributed by atoms with Gasteiger partial charge in [-0.2, -0.15) is 0 Å². The second kappa shape index (κ2) is 36.8. The third-order valence-electron chi connectivity index (χ3n) is 9.82. The van der Waals surface area contributed by atoms with Gasteiger partial charge in [0.15, 0.2) is 6.10 Å². The number of likely N-dealkylation sites (N-methyl/N-ethyl adjacent to an activating group) is 1. The SMILES string of the molecule is CCCCC/C=C/CCC(=O)OC(COCCC(C(=O)[O-])[N+](C)(C)C)COC(=O)CCCCCCCCC/C=C/CCCCCCCCCCCCC. The number of rotatable bonds is 39. The summed E-state index contributed by atoms with van der Waals surface area (Å²) < 4.78 is 17.0. The van der Waals surface area contributed by atoms with Gasteiger partial charge in [0, 0.05) is 19.3 Å². The van der Waals surface area contributed by atoms with Crippen molar-refractivity contribution in [2.45, 2.75) is 206 Å². The van der Waals surface area contributed by atoms with Crippen LogP contribution < -0.4 is 5.11 Å². The van der Waals surface area contributed by atoms with Crippen molar-refractivity contribution in [3.63, 3.8) is 0 Å². The first-order valence-corrected chi connectivity index (χ1v) is 21.9. The summed E-state index contributed by atoms with van der Waals surface area (Å²) in [5, 5.41) is 11.6. The molecule has 8 heteroatoms. The highest BCUT2D eigenvalue weighted by Gasteiger charge is 2.25. The van der Waals surface area contributed by atoms with Gasteiger partial charge in [0.25, 0.3) is 0 Å². The lowest BCUT2D eigenvalue weighted by Crippen LogP contribution is -2.55. The van der Waals surface area contributed by atoms with Crippen LogP contribution in [0.4, 0.5) is 0 Å². The monoisotopic (exact) mass is 750 g/mol. The van der Waals surface area contributed by atoms with Crippen LogP contribution in [0.1, 0.15) is 194 Å². The Balaban J connectivity index is 4.13. The summed E-state index contributed by atoms with van der Waals surface area (Å²) in [4.78, 5) is 36.6. The Morgan fingerprint density at radius 1 is 0.547 bits per heavy atom. The Labute approximate surface area is 326 Å². The first-order valence-electron chi connectivity index (χ1n) is 21.9. The van der Waals surface area contributed by atoms with Gasteiger partial charge >= 0.3 is 11.9 Å². The number of hydrogen-bond donors (Lipinski definition) is 0. The maximum absolute atomic E-state index is 12.5. The van der Waals surface area contributed by atoms with Gasteiger partial charge in [-0.15, -0.1) is 0 Å². The molecule has 0 aliphatic carbocycles. The van der Waals surface area contributed by atoms with E-state index >= 15 is 0 Å². The molecule has 53 heavy (non-hydrogen) atoms. The first kappa shape index (κ1) is 50.8. The number of carbonyl (C=O) groups excluding carboxylic acids is 3. The quantitative estimate of drug-likeness (QED) is 0.0267. The minimum Gasteiger partial charge on any atom is -0.544 e. The van der Waals surface area contributed by atoms with E-state index in [1.54, 1.807) is 21.1 Å². The van der Waals surface area contributed by atoms with Gasteiger partial charge in [-0.3, -0.25) is 9.59 Å². The lowest BCUT2D eigenvalue weighted by atomic mass is 10.0. The first-order chi connectivity index (χ1) is 25.6. The molecule has 0 saturated heterocycles. The van der Waals surface area contributed by atoms with E-state index in [9.17, 15) is 19.5 Å². The zero-order chi connectivity index (χ0) is 39.3. The van der Waals surface area contributed by atoms with Crippen LogP contribution in [0.5, 0.6) is 0 Å². The molecule has 0 amide bonds. The van der Waals surface area contributed by atoms with Gasteiger partial charge in [0.1, 0.15) is 12.6 Å². The molecular formula is C45H83NO7. The molecule has 8 nitrogen and oxygen atoms in total. The van der Waals surface area contributed by atoms with Gasteiger partial charge < -0.3 is 28.6 Å². The van der Waals surface area contributed by atoms with Crippen molar-refractivity contribution >= 4 is 17.9 Å². The minimum absolute atomic E-state index is 0.0258. The number of carbonyl (C=O) groups is 3. The number of aliphatic carboxylic acids is 1. The number of allylic oxidation sites excluding steroid dienone is 4. The summed E-state index contributed by atoms with van der Waals surface area (Å²) in [6.45, 7) is 4.56. The van der Waals surface area contributed by atoms with Crippen molar-refractivity contribution in [3.05, 3.63) is 24.3 Å². The van der Waals surface area contributed by atoms with Crippen LogP contribution in [0, 0.1) is 0 Å². The van der Waals surface area contributed by atoms with Crippen LogP contribution in [0.3, 0.4) is 0 Å². The van der Waals surface area contributed by atoms with E-state index in [-0.39, 0.29) is 49.1 Å². The average Bonchev–Trinajstić information content (AvgIpc) is 3.11. The van der Waals surface area contributed by atoms with E-state index in [2.05, 4.69) is 32.1 Å². The fourth-order valence-corrected chi connectivity index (χ4v) is 6.38. The second-order valence-corrected chi connectivity index (χ2v) is 15.9. The van der Waals surface area contributed by atoms with Gasteiger partial charge in [0.05, 0.1) is 40.3 Å². The number of quaternary nitrogens is 1. The highest BCUT2D eigenvalue weighted by Crippen LogP contribution is 2.14. The van der Waals surface area contributed by atoms with E-state index in [1.807, 2.05) is 6.08 Å². The molecule has 0 spiro atoms. The van der Waals surface area contributed by atoms with Crippen LogP contribution >= 0.6 is 0 Å². The van der Waals surface area contributed by atoms with Crippen molar-refractivity contribution in [1.29, 1.82) is 0 Å². The summed E-state index contributed by atoms with van der Waals surface area (Å²) in [6.07, 6.45) is 39.6. The maximum atomic E-state index is 12.5. The van der Waals surface area contributed by atoms with Gasteiger partial charge in [-0.25, -0.2) is 0 Å². The van der Waals surface area contributed by atoms with Gasteiger partial charge in [-0.05, 0) is 51.4 Å². The molecule has 310 valence electrons. The third kappa shape index (κ3) is 35.3. The van der Waals surface area contributed by atoms with Crippen LogP contribution in [-0.4, -0.2) is 75.5 Å². The van der Waals surface area contributed by atoms with Crippen LogP contribution in [0.25, 0.3) is 0 Å². The molecule has 0 radical (unpaired) electrons.